The molecular formula is C9H14N2O2. The van der Waals surface area contributed by atoms with Crippen LogP contribution in [-0.2, 0) is 9.59 Å². The molecule has 1 saturated carbocycles. The lowest BCUT2D eigenvalue weighted by molar-refractivity contribution is -0.148. The fourth-order valence-electron chi connectivity index (χ4n) is 1.71. The summed E-state index contributed by atoms with van der Waals surface area (Å²) in [4.78, 5) is 24.8. The summed E-state index contributed by atoms with van der Waals surface area (Å²) in [6.45, 7) is 3.75. The van der Waals surface area contributed by atoms with E-state index in [0.717, 1.165) is 12.8 Å². The van der Waals surface area contributed by atoms with E-state index in [2.05, 4.69) is 5.32 Å². The van der Waals surface area contributed by atoms with Gasteiger partial charge in [0.05, 0.1) is 6.54 Å². The summed E-state index contributed by atoms with van der Waals surface area (Å²) in [7, 11) is 0. The van der Waals surface area contributed by atoms with Crippen molar-refractivity contribution in [2.75, 3.05) is 6.54 Å². The van der Waals surface area contributed by atoms with Crippen molar-refractivity contribution >= 4 is 11.8 Å². The van der Waals surface area contributed by atoms with E-state index in [-0.39, 0.29) is 18.4 Å². The Kier molecular flexibility index (Phi) is 1.62. The number of amides is 2. The molecule has 1 aliphatic carbocycles. The van der Waals surface area contributed by atoms with Gasteiger partial charge in [-0.2, -0.15) is 0 Å². The van der Waals surface area contributed by atoms with Gasteiger partial charge in [-0.15, -0.1) is 0 Å². The van der Waals surface area contributed by atoms with E-state index in [1.54, 1.807) is 18.7 Å². The van der Waals surface area contributed by atoms with Crippen LogP contribution in [0.15, 0.2) is 0 Å². The number of carbonyl (C=O) groups is 2. The summed E-state index contributed by atoms with van der Waals surface area (Å²) in [5, 5.41) is 2.69. The topological polar surface area (TPSA) is 49.4 Å². The van der Waals surface area contributed by atoms with E-state index in [9.17, 15) is 9.59 Å². The molecule has 72 valence electrons. The fourth-order valence-corrected chi connectivity index (χ4v) is 1.71. The van der Waals surface area contributed by atoms with Crippen molar-refractivity contribution in [3.63, 3.8) is 0 Å². The Balaban J connectivity index is 2.19. The zero-order valence-corrected chi connectivity index (χ0v) is 7.96. The van der Waals surface area contributed by atoms with Crippen LogP contribution in [0.2, 0.25) is 0 Å². The monoisotopic (exact) mass is 182 g/mol. The first-order valence-corrected chi connectivity index (χ1v) is 4.63. The van der Waals surface area contributed by atoms with Crippen LogP contribution >= 0.6 is 0 Å². The van der Waals surface area contributed by atoms with Crippen LogP contribution < -0.4 is 5.32 Å². The standard InChI is InChI=1S/C9H14N2O2/c1-9(2)8(13)11(6-3-4-6)5-7(12)10-9/h6H,3-5H2,1-2H3,(H,10,12). The van der Waals surface area contributed by atoms with E-state index < -0.39 is 5.54 Å². The minimum atomic E-state index is -0.710. The summed E-state index contributed by atoms with van der Waals surface area (Å²) >= 11 is 0. The first kappa shape index (κ1) is 8.53. The SMILES string of the molecule is CC1(C)NC(=O)CN(C2CC2)C1=O. The molecule has 1 N–H and O–H groups in total. The van der Waals surface area contributed by atoms with Gasteiger partial charge in [-0.25, -0.2) is 0 Å². The Morgan fingerprint density at radius 3 is 2.54 bits per heavy atom. The molecule has 2 fully saturated rings. The Labute approximate surface area is 77.3 Å². The third kappa shape index (κ3) is 1.41. The third-order valence-corrected chi connectivity index (χ3v) is 2.55. The van der Waals surface area contributed by atoms with Crippen molar-refractivity contribution in [1.29, 1.82) is 0 Å². The van der Waals surface area contributed by atoms with Gasteiger partial charge >= 0.3 is 0 Å². The van der Waals surface area contributed by atoms with Gasteiger partial charge in [0.2, 0.25) is 11.8 Å². The lowest BCUT2D eigenvalue weighted by Gasteiger charge is -2.37. The minimum Gasteiger partial charge on any atom is -0.341 e. The highest BCUT2D eigenvalue weighted by molar-refractivity contribution is 5.97. The minimum absolute atomic E-state index is 0.0449. The molecule has 0 aromatic carbocycles. The summed E-state index contributed by atoms with van der Waals surface area (Å²) in [6.07, 6.45) is 2.10. The summed E-state index contributed by atoms with van der Waals surface area (Å²) in [5.41, 5.74) is -0.710. The average molecular weight is 182 g/mol. The largest absolute Gasteiger partial charge is 0.341 e. The predicted molar refractivity (Wildman–Crippen MR) is 47.0 cm³/mol. The molecule has 0 unspecified atom stereocenters. The number of carbonyl (C=O) groups excluding carboxylic acids is 2. The second-order valence-electron chi connectivity index (χ2n) is 4.34. The highest BCUT2D eigenvalue weighted by Crippen LogP contribution is 2.30. The van der Waals surface area contributed by atoms with Crippen molar-refractivity contribution in [1.82, 2.24) is 10.2 Å². The number of hydrogen-bond acceptors (Lipinski definition) is 2. The quantitative estimate of drug-likeness (QED) is 0.615. The van der Waals surface area contributed by atoms with Gasteiger partial charge in [-0.3, -0.25) is 9.59 Å². The number of nitrogens with one attached hydrogen (secondary N) is 1. The first-order chi connectivity index (χ1) is 6.00. The normalized spacial score (nSPS) is 27.4. The van der Waals surface area contributed by atoms with Crippen LogP contribution in [0.4, 0.5) is 0 Å². The molecule has 2 amide bonds. The van der Waals surface area contributed by atoms with E-state index in [0.29, 0.717) is 6.04 Å². The number of hydrogen-bond donors (Lipinski definition) is 1. The molecule has 0 bridgehead atoms. The number of piperazine rings is 1. The van der Waals surface area contributed by atoms with Gasteiger partial charge in [-0.1, -0.05) is 0 Å². The Morgan fingerprint density at radius 2 is 2.00 bits per heavy atom. The highest BCUT2D eigenvalue weighted by Gasteiger charge is 2.44. The van der Waals surface area contributed by atoms with Gasteiger partial charge in [0.1, 0.15) is 5.54 Å². The molecule has 4 heteroatoms. The smallest absolute Gasteiger partial charge is 0.248 e. The van der Waals surface area contributed by atoms with Crippen molar-refractivity contribution in [2.24, 2.45) is 0 Å². The lowest BCUT2D eigenvalue weighted by Crippen LogP contribution is -2.64. The zero-order chi connectivity index (χ0) is 9.64. The maximum atomic E-state index is 11.8. The van der Waals surface area contributed by atoms with E-state index in [4.69, 9.17) is 0 Å². The van der Waals surface area contributed by atoms with E-state index in [1.165, 1.54) is 0 Å². The maximum Gasteiger partial charge on any atom is 0.248 e. The van der Waals surface area contributed by atoms with Crippen LogP contribution in [0.3, 0.4) is 0 Å². The summed E-state index contributed by atoms with van der Waals surface area (Å²) < 4.78 is 0. The molecule has 1 aliphatic heterocycles. The Morgan fingerprint density at radius 1 is 1.38 bits per heavy atom. The molecule has 2 aliphatic rings. The zero-order valence-electron chi connectivity index (χ0n) is 7.96. The Bertz CT molecular complexity index is 269. The molecular weight excluding hydrogens is 168 g/mol. The molecule has 4 nitrogen and oxygen atoms in total. The molecule has 1 heterocycles. The second kappa shape index (κ2) is 2.47. The van der Waals surface area contributed by atoms with Crippen molar-refractivity contribution in [3.05, 3.63) is 0 Å². The van der Waals surface area contributed by atoms with Gasteiger partial charge in [-0.05, 0) is 26.7 Å². The van der Waals surface area contributed by atoms with Crippen LogP contribution in [0.5, 0.6) is 0 Å². The van der Waals surface area contributed by atoms with Crippen LogP contribution in [-0.4, -0.2) is 34.8 Å². The van der Waals surface area contributed by atoms with Gasteiger partial charge in [0.25, 0.3) is 0 Å². The van der Waals surface area contributed by atoms with E-state index in [1.807, 2.05) is 0 Å². The van der Waals surface area contributed by atoms with Gasteiger partial charge in [0.15, 0.2) is 0 Å². The molecule has 0 aromatic rings. The highest BCUT2D eigenvalue weighted by atomic mass is 16.2. The Hall–Kier alpha value is -1.06. The molecule has 13 heavy (non-hydrogen) atoms. The van der Waals surface area contributed by atoms with Crippen molar-refractivity contribution < 1.29 is 9.59 Å². The molecule has 0 radical (unpaired) electrons. The summed E-state index contributed by atoms with van der Waals surface area (Å²) in [5.74, 6) is 0.00565. The lowest BCUT2D eigenvalue weighted by atomic mass is 10.0. The van der Waals surface area contributed by atoms with Crippen LogP contribution in [0, 0.1) is 0 Å². The molecule has 2 rings (SSSR count). The third-order valence-electron chi connectivity index (χ3n) is 2.55. The number of rotatable bonds is 1. The first-order valence-electron chi connectivity index (χ1n) is 4.63. The average Bonchev–Trinajstić information content (AvgIpc) is 2.78. The predicted octanol–water partition coefficient (Wildman–Crippen LogP) is -0.114. The second-order valence-corrected chi connectivity index (χ2v) is 4.34. The van der Waals surface area contributed by atoms with Crippen LogP contribution in [0.25, 0.3) is 0 Å². The molecule has 1 saturated heterocycles. The maximum absolute atomic E-state index is 11.8. The number of nitrogens with zero attached hydrogens (tertiary/aromatic N) is 1. The summed E-state index contributed by atoms with van der Waals surface area (Å²) in [6, 6.07) is 0.331. The molecule has 0 aromatic heterocycles. The van der Waals surface area contributed by atoms with Crippen molar-refractivity contribution in [2.45, 2.75) is 38.3 Å². The van der Waals surface area contributed by atoms with Gasteiger partial charge in [0, 0.05) is 6.04 Å². The van der Waals surface area contributed by atoms with Crippen molar-refractivity contribution in [3.8, 4) is 0 Å². The molecule has 0 spiro atoms. The van der Waals surface area contributed by atoms with Gasteiger partial charge < -0.3 is 10.2 Å². The van der Waals surface area contributed by atoms with Crippen LogP contribution in [0.1, 0.15) is 26.7 Å². The van der Waals surface area contributed by atoms with E-state index >= 15 is 0 Å². The molecule has 0 atom stereocenters. The fraction of sp³-hybridized carbons (Fsp3) is 0.778.